The van der Waals surface area contributed by atoms with Gasteiger partial charge in [-0.05, 0) is 43.0 Å². The van der Waals surface area contributed by atoms with Gasteiger partial charge in [-0.2, -0.15) is 0 Å². The highest BCUT2D eigenvalue weighted by Crippen LogP contribution is 2.32. The Morgan fingerprint density at radius 3 is 2.84 bits per heavy atom. The topological polar surface area (TPSA) is 41.6 Å². The average Bonchev–Trinajstić information content (AvgIpc) is 3.22. The molecule has 2 aromatic carbocycles. The van der Waals surface area contributed by atoms with E-state index in [4.69, 9.17) is 4.74 Å². The number of nitrogens with one attached hydrogen (secondary N) is 1. The van der Waals surface area contributed by atoms with Gasteiger partial charge in [-0.3, -0.25) is 4.79 Å². The molecule has 0 aromatic heterocycles. The molecule has 2 heterocycles. The van der Waals surface area contributed by atoms with E-state index >= 15 is 0 Å². The number of amides is 1. The highest BCUT2D eigenvalue weighted by atomic mass is 16.5. The van der Waals surface area contributed by atoms with Crippen LogP contribution in [0.5, 0.6) is 0 Å². The number of nitrogens with zero attached hydrogens (tertiary/aromatic N) is 1. The third-order valence-corrected chi connectivity index (χ3v) is 5.21. The number of hydrogen-bond acceptors (Lipinski definition) is 3. The Morgan fingerprint density at radius 2 is 2.08 bits per heavy atom. The molecule has 0 bridgehead atoms. The van der Waals surface area contributed by atoms with Crippen molar-refractivity contribution in [3.8, 4) is 0 Å². The number of carbonyl (C=O) groups is 1. The quantitative estimate of drug-likeness (QED) is 0.930. The first-order chi connectivity index (χ1) is 12.2. The average molecular weight is 336 g/mol. The number of fused-ring (bicyclic) bond motifs is 1. The molecule has 1 amide bonds. The minimum absolute atomic E-state index is 0.166. The summed E-state index contributed by atoms with van der Waals surface area (Å²) in [6.07, 6.45) is 2.63. The molecule has 4 heteroatoms. The summed E-state index contributed by atoms with van der Waals surface area (Å²) < 4.78 is 5.63. The van der Waals surface area contributed by atoms with Gasteiger partial charge in [0.1, 0.15) is 0 Å². The van der Waals surface area contributed by atoms with Gasteiger partial charge in [-0.25, -0.2) is 0 Å². The second-order valence-corrected chi connectivity index (χ2v) is 6.92. The third-order valence-electron chi connectivity index (χ3n) is 5.21. The summed E-state index contributed by atoms with van der Waals surface area (Å²) in [5, 5.41) is 3.57. The molecule has 0 saturated carbocycles. The highest BCUT2D eigenvalue weighted by Gasteiger charge is 2.27. The molecule has 130 valence electrons. The van der Waals surface area contributed by atoms with Crippen LogP contribution in [0.4, 0.5) is 11.4 Å². The van der Waals surface area contributed by atoms with Crippen LogP contribution >= 0.6 is 0 Å². The molecule has 2 atom stereocenters. The maximum Gasteiger partial charge on any atom is 0.231 e. The fourth-order valence-corrected chi connectivity index (χ4v) is 3.73. The van der Waals surface area contributed by atoms with Crippen molar-refractivity contribution in [3.05, 3.63) is 59.7 Å². The van der Waals surface area contributed by atoms with Crippen molar-refractivity contribution in [3.63, 3.8) is 0 Å². The van der Waals surface area contributed by atoms with E-state index < -0.39 is 0 Å². The van der Waals surface area contributed by atoms with Crippen LogP contribution in [0, 0.1) is 0 Å². The predicted molar refractivity (Wildman–Crippen MR) is 100 cm³/mol. The second-order valence-electron chi connectivity index (χ2n) is 6.92. The molecular formula is C21H24N2O2. The first kappa shape index (κ1) is 16.2. The van der Waals surface area contributed by atoms with Crippen molar-refractivity contribution in [2.45, 2.75) is 38.3 Å². The van der Waals surface area contributed by atoms with Crippen molar-refractivity contribution in [2.75, 3.05) is 23.4 Å². The van der Waals surface area contributed by atoms with E-state index in [0.29, 0.717) is 12.5 Å². The fraction of sp³-hybridized carbons (Fsp3) is 0.381. The molecule has 0 unspecified atom stereocenters. The third kappa shape index (κ3) is 3.40. The Bertz CT molecular complexity index is 760. The van der Waals surface area contributed by atoms with Crippen LogP contribution in [0.15, 0.2) is 48.5 Å². The summed E-state index contributed by atoms with van der Waals surface area (Å²) in [5.41, 5.74) is 4.44. The standard InChI is InChI=1S/C21H24N2O2/c1-15-19(10-12-25-15)22-18-8-7-17-9-11-23(20(17)14-18)21(24)13-16-5-3-2-4-6-16/h2-8,14-15,19,22H,9-13H2,1H3/t15-,19+/m0/s1. The number of carbonyl (C=O) groups excluding carboxylic acids is 1. The van der Waals surface area contributed by atoms with Gasteiger partial charge in [0.25, 0.3) is 0 Å². The summed E-state index contributed by atoms with van der Waals surface area (Å²) in [4.78, 5) is 14.7. The lowest BCUT2D eigenvalue weighted by Crippen LogP contribution is -2.30. The summed E-state index contributed by atoms with van der Waals surface area (Å²) in [7, 11) is 0. The zero-order valence-corrected chi connectivity index (χ0v) is 14.6. The summed E-state index contributed by atoms with van der Waals surface area (Å²) in [6, 6.07) is 16.7. The molecular weight excluding hydrogens is 312 g/mol. The zero-order chi connectivity index (χ0) is 17.2. The Morgan fingerprint density at radius 1 is 1.24 bits per heavy atom. The van der Waals surface area contributed by atoms with E-state index in [0.717, 1.165) is 42.9 Å². The van der Waals surface area contributed by atoms with Crippen LogP contribution in [0.1, 0.15) is 24.5 Å². The van der Waals surface area contributed by atoms with Crippen LogP contribution in [0.2, 0.25) is 0 Å². The van der Waals surface area contributed by atoms with Crippen LogP contribution < -0.4 is 10.2 Å². The van der Waals surface area contributed by atoms with E-state index in [2.05, 4.69) is 30.4 Å². The number of benzene rings is 2. The van der Waals surface area contributed by atoms with Crippen molar-refractivity contribution in [2.24, 2.45) is 0 Å². The first-order valence-corrected chi connectivity index (χ1v) is 9.06. The lowest BCUT2D eigenvalue weighted by molar-refractivity contribution is -0.117. The SMILES string of the molecule is C[C@@H]1OCC[C@H]1Nc1ccc2c(c1)N(C(=O)Cc1ccccc1)CC2. The molecule has 4 rings (SSSR count). The van der Waals surface area contributed by atoms with E-state index in [1.807, 2.05) is 35.2 Å². The number of ether oxygens (including phenoxy) is 1. The lowest BCUT2D eigenvalue weighted by atomic mass is 10.1. The van der Waals surface area contributed by atoms with Crippen molar-refractivity contribution < 1.29 is 9.53 Å². The van der Waals surface area contributed by atoms with Crippen LogP contribution in [0.25, 0.3) is 0 Å². The van der Waals surface area contributed by atoms with Gasteiger partial charge in [-0.15, -0.1) is 0 Å². The molecule has 2 aliphatic rings. The maximum absolute atomic E-state index is 12.8. The molecule has 2 aromatic rings. The van der Waals surface area contributed by atoms with E-state index in [1.54, 1.807) is 0 Å². The number of hydrogen-bond donors (Lipinski definition) is 1. The summed E-state index contributed by atoms with van der Waals surface area (Å²) in [6.45, 7) is 3.69. The molecule has 0 aliphatic carbocycles. The molecule has 0 radical (unpaired) electrons. The van der Waals surface area contributed by atoms with Crippen molar-refractivity contribution in [1.29, 1.82) is 0 Å². The molecule has 25 heavy (non-hydrogen) atoms. The highest BCUT2D eigenvalue weighted by molar-refractivity contribution is 5.97. The van der Waals surface area contributed by atoms with E-state index in [-0.39, 0.29) is 12.0 Å². The van der Waals surface area contributed by atoms with Gasteiger partial charge in [0.2, 0.25) is 5.91 Å². The lowest BCUT2D eigenvalue weighted by Gasteiger charge is -2.21. The Balaban J connectivity index is 1.50. The van der Waals surface area contributed by atoms with E-state index in [1.165, 1.54) is 5.56 Å². The van der Waals surface area contributed by atoms with Crippen LogP contribution in [0.3, 0.4) is 0 Å². The summed E-state index contributed by atoms with van der Waals surface area (Å²) >= 11 is 0. The smallest absolute Gasteiger partial charge is 0.231 e. The predicted octanol–water partition coefficient (Wildman–Crippen LogP) is 3.41. The molecule has 1 N–H and O–H groups in total. The first-order valence-electron chi connectivity index (χ1n) is 9.06. The van der Waals surface area contributed by atoms with Gasteiger partial charge in [0.05, 0.1) is 18.6 Å². The van der Waals surface area contributed by atoms with Gasteiger partial charge < -0.3 is 15.0 Å². The second kappa shape index (κ2) is 6.89. The molecule has 1 fully saturated rings. The van der Waals surface area contributed by atoms with Crippen molar-refractivity contribution in [1.82, 2.24) is 0 Å². The molecule has 0 spiro atoms. The Hall–Kier alpha value is -2.33. The molecule has 1 saturated heterocycles. The van der Waals surface area contributed by atoms with Gasteiger partial charge in [-0.1, -0.05) is 36.4 Å². The largest absolute Gasteiger partial charge is 0.380 e. The minimum Gasteiger partial charge on any atom is -0.380 e. The number of anilines is 2. The van der Waals surface area contributed by atoms with Crippen molar-refractivity contribution >= 4 is 17.3 Å². The van der Waals surface area contributed by atoms with Gasteiger partial charge >= 0.3 is 0 Å². The van der Waals surface area contributed by atoms with Crippen LogP contribution in [-0.4, -0.2) is 31.2 Å². The van der Waals surface area contributed by atoms with Crippen LogP contribution in [-0.2, 0) is 22.4 Å². The summed E-state index contributed by atoms with van der Waals surface area (Å²) in [5.74, 6) is 0.166. The normalized spacial score (nSPS) is 22.0. The maximum atomic E-state index is 12.8. The Labute approximate surface area is 148 Å². The fourth-order valence-electron chi connectivity index (χ4n) is 3.73. The minimum atomic E-state index is 0.166. The monoisotopic (exact) mass is 336 g/mol. The Kier molecular flexibility index (Phi) is 4.45. The van der Waals surface area contributed by atoms with E-state index in [9.17, 15) is 4.79 Å². The molecule has 4 nitrogen and oxygen atoms in total. The number of rotatable bonds is 4. The zero-order valence-electron chi connectivity index (χ0n) is 14.6. The molecule has 2 aliphatic heterocycles. The van der Waals surface area contributed by atoms with Gasteiger partial charge in [0.15, 0.2) is 0 Å². The van der Waals surface area contributed by atoms with Gasteiger partial charge in [0, 0.05) is 24.5 Å².